The predicted octanol–water partition coefficient (Wildman–Crippen LogP) is 11.8. The van der Waals surface area contributed by atoms with E-state index in [9.17, 15) is 0 Å². The van der Waals surface area contributed by atoms with Crippen molar-refractivity contribution in [3.63, 3.8) is 0 Å². The summed E-state index contributed by atoms with van der Waals surface area (Å²) >= 11 is 0. The highest BCUT2D eigenvalue weighted by molar-refractivity contribution is 6.24. The van der Waals surface area contributed by atoms with Gasteiger partial charge in [-0.05, 0) is 93.7 Å². The normalized spacial score (nSPS) is 11.7. The molecule has 0 bridgehead atoms. The van der Waals surface area contributed by atoms with Crippen molar-refractivity contribution in [2.24, 2.45) is 5.73 Å². The maximum Gasteiger partial charge on any atom is 0.0110 e. The molecule has 0 unspecified atom stereocenters. The Morgan fingerprint density at radius 3 is 1.67 bits per heavy atom. The largest absolute Gasteiger partial charge is 0.327 e. The van der Waals surface area contributed by atoms with Gasteiger partial charge in [0.2, 0.25) is 0 Å². The Labute approximate surface area is 269 Å². The van der Waals surface area contributed by atoms with Gasteiger partial charge in [-0.2, -0.15) is 0 Å². The average molecular weight is 588 g/mol. The first-order chi connectivity index (χ1) is 22.7. The first kappa shape index (κ1) is 27.8. The van der Waals surface area contributed by atoms with Crippen molar-refractivity contribution in [3.05, 3.63) is 176 Å². The van der Waals surface area contributed by atoms with Gasteiger partial charge in [0, 0.05) is 6.54 Å². The molecule has 0 fully saturated rings. The van der Waals surface area contributed by atoms with Crippen LogP contribution in [0.1, 0.15) is 5.56 Å². The standard InChI is InChI=1S/C45H33N/c1-30(13-12-28-46)34-16-4-5-17-35(34)38-26-27-43(37-19-7-6-18-36(37)38)45-41-22-10-8-20-39(41)44(40-21-9-11-23-42(40)45)33-25-24-31-14-2-3-15-32(31)29-33/h2-27,29H,1,28,46H2/b13-12-. The van der Waals surface area contributed by atoms with E-state index in [4.69, 9.17) is 5.73 Å². The molecule has 0 saturated heterocycles. The Hall–Kier alpha value is -5.76. The van der Waals surface area contributed by atoms with E-state index in [1.807, 2.05) is 12.2 Å². The molecule has 0 saturated carbocycles. The van der Waals surface area contributed by atoms with Crippen LogP contribution in [0, 0.1) is 0 Å². The van der Waals surface area contributed by atoms with Gasteiger partial charge in [0.1, 0.15) is 0 Å². The molecule has 8 rings (SSSR count). The Morgan fingerprint density at radius 2 is 1.00 bits per heavy atom. The zero-order valence-electron chi connectivity index (χ0n) is 25.6. The zero-order chi connectivity index (χ0) is 31.0. The van der Waals surface area contributed by atoms with Crippen LogP contribution in [-0.4, -0.2) is 6.54 Å². The van der Waals surface area contributed by atoms with Gasteiger partial charge in [-0.1, -0.05) is 164 Å². The van der Waals surface area contributed by atoms with Crippen molar-refractivity contribution < 1.29 is 0 Å². The summed E-state index contributed by atoms with van der Waals surface area (Å²) in [6, 6.07) is 55.2. The number of nitrogens with two attached hydrogens (primary N) is 1. The lowest BCUT2D eigenvalue weighted by atomic mass is 9.83. The molecule has 0 spiro atoms. The molecule has 0 aromatic heterocycles. The highest BCUT2D eigenvalue weighted by Crippen LogP contribution is 2.47. The van der Waals surface area contributed by atoms with Gasteiger partial charge in [-0.15, -0.1) is 0 Å². The van der Waals surface area contributed by atoms with Crippen LogP contribution >= 0.6 is 0 Å². The summed E-state index contributed by atoms with van der Waals surface area (Å²) in [6.07, 6.45) is 3.98. The van der Waals surface area contributed by atoms with E-state index >= 15 is 0 Å². The molecule has 0 heterocycles. The smallest absolute Gasteiger partial charge is 0.0110 e. The van der Waals surface area contributed by atoms with Crippen LogP contribution in [0.5, 0.6) is 0 Å². The molecule has 0 aliphatic carbocycles. The SMILES string of the molecule is C=C(/C=C\CN)c1ccccc1-c1ccc(-c2c3ccccc3c(-c3ccc4ccccc4c3)c3ccccc23)c2ccccc12. The van der Waals surface area contributed by atoms with Crippen molar-refractivity contribution in [1.82, 2.24) is 0 Å². The molecule has 2 N–H and O–H groups in total. The average Bonchev–Trinajstić information content (AvgIpc) is 3.12. The number of benzene rings is 8. The molecule has 1 nitrogen and oxygen atoms in total. The lowest BCUT2D eigenvalue weighted by Gasteiger charge is -2.20. The van der Waals surface area contributed by atoms with E-state index in [0.29, 0.717) is 6.54 Å². The molecular weight excluding hydrogens is 555 g/mol. The van der Waals surface area contributed by atoms with Crippen LogP contribution < -0.4 is 5.73 Å². The fourth-order valence-corrected chi connectivity index (χ4v) is 7.12. The summed E-state index contributed by atoms with van der Waals surface area (Å²) in [5, 5.41) is 9.97. The van der Waals surface area contributed by atoms with Crippen LogP contribution in [0.25, 0.3) is 82.0 Å². The minimum absolute atomic E-state index is 0.486. The van der Waals surface area contributed by atoms with Crippen LogP contribution in [-0.2, 0) is 0 Å². The Morgan fingerprint density at radius 1 is 0.478 bits per heavy atom. The van der Waals surface area contributed by atoms with Crippen molar-refractivity contribution in [2.45, 2.75) is 0 Å². The van der Waals surface area contributed by atoms with E-state index in [0.717, 1.165) is 11.1 Å². The number of fused-ring (bicyclic) bond motifs is 4. The summed E-state index contributed by atoms with van der Waals surface area (Å²) in [7, 11) is 0. The lowest BCUT2D eigenvalue weighted by molar-refractivity contribution is 1.26. The number of rotatable bonds is 6. The summed E-state index contributed by atoms with van der Waals surface area (Å²) in [5.74, 6) is 0. The van der Waals surface area contributed by atoms with Crippen LogP contribution in [0.15, 0.2) is 170 Å². The van der Waals surface area contributed by atoms with Gasteiger partial charge in [0.05, 0.1) is 0 Å². The van der Waals surface area contributed by atoms with Gasteiger partial charge < -0.3 is 5.73 Å². The molecule has 0 radical (unpaired) electrons. The number of hydrogen-bond acceptors (Lipinski definition) is 1. The maximum atomic E-state index is 5.77. The van der Waals surface area contributed by atoms with Crippen LogP contribution in [0.2, 0.25) is 0 Å². The predicted molar refractivity (Wildman–Crippen MR) is 200 cm³/mol. The third-order valence-corrected chi connectivity index (χ3v) is 9.18. The Kier molecular flexibility index (Phi) is 7.02. The van der Waals surface area contributed by atoms with Crippen molar-refractivity contribution in [1.29, 1.82) is 0 Å². The van der Waals surface area contributed by atoms with Gasteiger partial charge in [0.25, 0.3) is 0 Å². The van der Waals surface area contributed by atoms with Crippen molar-refractivity contribution in [3.8, 4) is 33.4 Å². The van der Waals surface area contributed by atoms with E-state index < -0.39 is 0 Å². The van der Waals surface area contributed by atoms with Crippen molar-refractivity contribution in [2.75, 3.05) is 6.54 Å². The monoisotopic (exact) mass is 587 g/mol. The second-order valence-electron chi connectivity index (χ2n) is 11.8. The summed E-state index contributed by atoms with van der Waals surface area (Å²) in [6.45, 7) is 4.86. The van der Waals surface area contributed by atoms with Crippen LogP contribution in [0.3, 0.4) is 0 Å². The van der Waals surface area contributed by atoms with Crippen molar-refractivity contribution >= 4 is 48.7 Å². The second kappa shape index (κ2) is 11.6. The quantitative estimate of drug-likeness (QED) is 0.152. The maximum absolute atomic E-state index is 5.77. The molecule has 0 aliphatic rings. The topological polar surface area (TPSA) is 26.0 Å². The number of allylic oxidation sites excluding steroid dienone is 2. The molecule has 218 valence electrons. The van der Waals surface area contributed by atoms with E-state index in [2.05, 4.69) is 158 Å². The highest BCUT2D eigenvalue weighted by atomic mass is 14.5. The van der Waals surface area contributed by atoms with E-state index in [1.165, 1.54) is 76.5 Å². The molecular formula is C45H33N. The molecule has 8 aromatic rings. The first-order valence-corrected chi connectivity index (χ1v) is 15.8. The fourth-order valence-electron chi connectivity index (χ4n) is 7.12. The zero-order valence-corrected chi connectivity index (χ0v) is 25.6. The minimum Gasteiger partial charge on any atom is -0.327 e. The van der Waals surface area contributed by atoms with E-state index in [-0.39, 0.29) is 0 Å². The summed E-state index contributed by atoms with van der Waals surface area (Å²) in [5.41, 5.74) is 15.2. The molecule has 46 heavy (non-hydrogen) atoms. The van der Waals surface area contributed by atoms with Gasteiger partial charge in [0.15, 0.2) is 0 Å². The molecule has 0 amide bonds. The highest BCUT2D eigenvalue weighted by Gasteiger charge is 2.19. The third kappa shape index (κ3) is 4.61. The molecule has 8 aromatic carbocycles. The summed E-state index contributed by atoms with van der Waals surface area (Å²) in [4.78, 5) is 0. The third-order valence-electron chi connectivity index (χ3n) is 9.18. The molecule has 0 atom stereocenters. The van der Waals surface area contributed by atoms with Gasteiger partial charge in [-0.25, -0.2) is 0 Å². The molecule has 1 heteroatoms. The second-order valence-corrected chi connectivity index (χ2v) is 11.8. The Balaban J connectivity index is 1.41. The lowest BCUT2D eigenvalue weighted by Crippen LogP contribution is -1.94. The fraction of sp³-hybridized carbons (Fsp3) is 0.0222. The van der Waals surface area contributed by atoms with Gasteiger partial charge >= 0.3 is 0 Å². The molecule has 0 aliphatic heterocycles. The summed E-state index contributed by atoms with van der Waals surface area (Å²) < 4.78 is 0. The van der Waals surface area contributed by atoms with Gasteiger partial charge in [-0.3, -0.25) is 0 Å². The number of hydrogen-bond donors (Lipinski definition) is 1. The minimum atomic E-state index is 0.486. The Bertz CT molecular complexity index is 2420. The first-order valence-electron chi connectivity index (χ1n) is 15.8. The van der Waals surface area contributed by atoms with Crippen LogP contribution in [0.4, 0.5) is 0 Å². The van der Waals surface area contributed by atoms with E-state index in [1.54, 1.807) is 0 Å².